The van der Waals surface area contributed by atoms with E-state index in [9.17, 15) is 0 Å². The van der Waals surface area contributed by atoms with Gasteiger partial charge in [-0.25, -0.2) is 4.98 Å². The van der Waals surface area contributed by atoms with Crippen molar-refractivity contribution in [2.75, 3.05) is 0 Å². The highest BCUT2D eigenvalue weighted by Crippen LogP contribution is 2.27. The van der Waals surface area contributed by atoms with Crippen LogP contribution in [0.1, 0.15) is 22.4 Å². The molecule has 0 saturated carbocycles. The third-order valence-corrected chi connectivity index (χ3v) is 4.48. The number of hydrogen-bond acceptors (Lipinski definition) is 4. The number of aromatic nitrogens is 2. The maximum absolute atomic E-state index is 5.97. The molecule has 4 heteroatoms. The van der Waals surface area contributed by atoms with Gasteiger partial charge >= 0.3 is 0 Å². The zero-order valence-electron chi connectivity index (χ0n) is 14.1. The van der Waals surface area contributed by atoms with Crippen LogP contribution < -0.4 is 4.74 Å². The second-order valence-corrected chi connectivity index (χ2v) is 6.72. The van der Waals surface area contributed by atoms with Crippen LogP contribution in [0.25, 0.3) is 0 Å². The highest BCUT2D eigenvalue weighted by atomic mass is 32.2. The number of aryl methyl sites for hydroxylation is 3. The third-order valence-electron chi connectivity index (χ3n) is 3.57. The minimum absolute atomic E-state index is 0.588. The summed E-state index contributed by atoms with van der Waals surface area (Å²) in [4.78, 5) is 9.04. The van der Waals surface area contributed by atoms with Crippen LogP contribution in [0.5, 0.6) is 11.6 Å². The summed E-state index contributed by atoms with van der Waals surface area (Å²) in [7, 11) is 0. The summed E-state index contributed by atoms with van der Waals surface area (Å²) in [5, 5.41) is 0.735. The van der Waals surface area contributed by atoms with Crippen LogP contribution >= 0.6 is 11.8 Å². The molecule has 0 aliphatic carbocycles. The molecule has 122 valence electrons. The molecule has 3 aromatic rings. The molecule has 0 aliphatic rings. The van der Waals surface area contributed by atoms with Crippen molar-refractivity contribution in [2.45, 2.75) is 31.7 Å². The van der Waals surface area contributed by atoms with Gasteiger partial charge in [0.25, 0.3) is 0 Å². The summed E-state index contributed by atoms with van der Waals surface area (Å²) in [6.45, 7) is 6.08. The predicted molar refractivity (Wildman–Crippen MR) is 98.8 cm³/mol. The normalized spacial score (nSPS) is 10.6. The van der Waals surface area contributed by atoms with E-state index in [2.05, 4.69) is 35.1 Å². The fourth-order valence-electron chi connectivity index (χ4n) is 2.38. The van der Waals surface area contributed by atoms with E-state index in [1.54, 1.807) is 11.8 Å². The van der Waals surface area contributed by atoms with Crippen LogP contribution in [0.3, 0.4) is 0 Å². The van der Waals surface area contributed by atoms with Gasteiger partial charge in [-0.15, -0.1) is 0 Å². The summed E-state index contributed by atoms with van der Waals surface area (Å²) in [5.74, 6) is 2.26. The number of hydrogen-bond donors (Lipinski definition) is 0. The van der Waals surface area contributed by atoms with E-state index in [0.717, 1.165) is 27.9 Å². The van der Waals surface area contributed by atoms with Crippen LogP contribution in [-0.4, -0.2) is 9.97 Å². The average molecular weight is 336 g/mol. The lowest BCUT2D eigenvalue weighted by molar-refractivity contribution is 0.451. The van der Waals surface area contributed by atoms with Gasteiger partial charge in [-0.3, -0.25) is 0 Å². The van der Waals surface area contributed by atoms with Gasteiger partial charge in [-0.1, -0.05) is 59.8 Å². The molecule has 3 nitrogen and oxygen atoms in total. The lowest BCUT2D eigenvalue weighted by Gasteiger charge is -2.10. The number of nitrogens with zero attached hydrogens (tertiary/aromatic N) is 2. The Labute approximate surface area is 147 Å². The lowest BCUT2D eigenvalue weighted by Crippen LogP contribution is -1.96. The molecule has 0 fully saturated rings. The van der Waals surface area contributed by atoms with Crippen molar-refractivity contribution in [3.63, 3.8) is 0 Å². The second kappa shape index (κ2) is 7.49. The number of benzene rings is 2. The van der Waals surface area contributed by atoms with Gasteiger partial charge in [0.1, 0.15) is 5.75 Å². The molecule has 0 aliphatic heterocycles. The Kier molecular flexibility index (Phi) is 5.16. The van der Waals surface area contributed by atoms with Crippen molar-refractivity contribution in [2.24, 2.45) is 0 Å². The number of ether oxygens (including phenoxy) is 1. The standard InChI is InChI=1S/C20H20N2OS/c1-14-9-10-18(15(2)11-14)23-19-12-16(3)21-20(22-19)24-13-17-7-5-4-6-8-17/h4-12H,13H2,1-3H3. The highest BCUT2D eigenvalue weighted by Gasteiger charge is 2.07. The van der Waals surface area contributed by atoms with Gasteiger partial charge in [0, 0.05) is 17.5 Å². The van der Waals surface area contributed by atoms with E-state index < -0.39 is 0 Å². The summed E-state index contributed by atoms with van der Waals surface area (Å²) in [5.41, 5.74) is 4.48. The number of rotatable bonds is 5. The molecular weight excluding hydrogens is 316 g/mol. The largest absolute Gasteiger partial charge is 0.439 e. The van der Waals surface area contributed by atoms with E-state index in [1.807, 2.05) is 50.2 Å². The first-order valence-electron chi connectivity index (χ1n) is 7.88. The Hall–Kier alpha value is -2.33. The summed E-state index contributed by atoms with van der Waals surface area (Å²) >= 11 is 1.62. The summed E-state index contributed by atoms with van der Waals surface area (Å²) in [6, 6.07) is 18.3. The molecule has 2 aromatic carbocycles. The molecule has 0 saturated heterocycles. The molecule has 1 aromatic heterocycles. The first kappa shape index (κ1) is 16.5. The van der Waals surface area contributed by atoms with Crippen LogP contribution in [0.2, 0.25) is 0 Å². The molecule has 0 bridgehead atoms. The molecule has 0 radical (unpaired) electrons. The number of thioether (sulfide) groups is 1. The minimum Gasteiger partial charge on any atom is -0.439 e. The smallest absolute Gasteiger partial charge is 0.223 e. The Bertz CT molecular complexity index is 834. The Morgan fingerprint density at radius 2 is 1.71 bits per heavy atom. The van der Waals surface area contributed by atoms with Gasteiger partial charge in [-0.05, 0) is 38.0 Å². The van der Waals surface area contributed by atoms with Crippen molar-refractivity contribution in [1.82, 2.24) is 9.97 Å². The van der Waals surface area contributed by atoms with Crippen molar-refractivity contribution in [3.8, 4) is 11.6 Å². The Morgan fingerprint density at radius 1 is 0.917 bits per heavy atom. The molecule has 3 rings (SSSR count). The highest BCUT2D eigenvalue weighted by molar-refractivity contribution is 7.98. The fraction of sp³-hybridized carbons (Fsp3) is 0.200. The van der Waals surface area contributed by atoms with Crippen LogP contribution in [0, 0.1) is 20.8 Å². The molecule has 1 heterocycles. The van der Waals surface area contributed by atoms with Crippen LogP contribution in [0.4, 0.5) is 0 Å². The maximum Gasteiger partial charge on any atom is 0.223 e. The summed E-state index contributed by atoms with van der Waals surface area (Å²) < 4.78 is 5.97. The predicted octanol–water partition coefficient (Wildman–Crippen LogP) is 5.49. The molecular formula is C20H20N2OS. The van der Waals surface area contributed by atoms with Crippen molar-refractivity contribution in [1.29, 1.82) is 0 Å². The van der Waals surface area contributed by atoms with Gasteiger partial charge in [0.2, 0.25) is 5.88 Å². The summed E-state index contributed by atoms with van der Waals surface area (Å²) in [6.07, 6.45) is 0. The molecule has 0 atom stereocenters. The second-order valence-electron chi connectivity index (χ2n) is 5.78. The zero-order valence-corrected chi connectivity index (χ0v) is 14.9. The topological polar surface area (TPSA) is 35.0 Å². The van der Waals surface area contributed by atoms with Gasteiger partial charge in [0.15, 0.2) is 5.16 Å². The molecule has 0 amide bonds. The van der Waals surface area contributed by atoms with Crippen LogP contribution in [0.15, 0.2) is 59.8 Å². The zero-order chi connectivity index (χ0) is 16.9. The van der Waals surface area contributed by atoms with E-state index in [4.69, 9.17) is 4.74 Å². The molecule has 0 N–H and O–H groups in total. The van der Waals surface area contributed by atoms with E-state index in [-0.39, 0.29) is 0 Å². The van der Waals surface area contributed by atoms with E-state index >= 15 is 0 Å². The third kappa shape index (κ3) is 4.36. The molecule has 0 unspecified atom stereocenters. The van der Waals surface area contributed by atoms with Gasteiger partial charge in [-0.2, -0.15) is 4.98 Å². The minimum atomic E-state index is 0.588. The van der Waals surface area contributed by atoms with E-state index in [0.29, 0.717) is 5.88 Å². The maximum atomic E-state index is 5.97. The van der Waals surface area contributed by atoms with Crippen molar-refractivity contribution < 1.29 is 4.74 Å². The van der Waals surface area contributed by atoms with Crippen molar-refractivity contribution >= 4 is 11.8 Å². The monoisotopic (exact) mass is 336 g/mol. The molecule has 24 heavy (non-hydrogen) atoms. The average Bonchev–Trinajstić information content (AvgIpc) is 2.56. The quantitative estimate of drug-likeness (QED) is 0.456. The lowest BCUT2D eigenvalue weighted by atomic mass is 10.1. The van der Waals surface area contributed by atoms with Crippen molar-refractivity contribution in [3.05, 3.63) is 77.0 Å². The Balaban J connectivity index is 1.76. The SMILES string of the molecule is Cc1ccc(Oc2cc(C)nc(SCc3ccccc3)n2)c(C)c1. The first-order valence-corrected chi connectivity index (χ1v) is 8.86. The Morgan fingerprint density at radius 3 is 2.46 bits per heavy atom. The van der Waals surface area contributed by atoms with Gasteiger partial charge < -0.3 is 4.74 Å². The fourth-order valence-corrected chi connectivity index (χ4v) is 3.23. The van der Waals surface area contributed by atoms with Crippen LogP contribution in [-0.2, 0) is 5.75 Å². The first-order chi connectivity index (χ1) is 11.6. The van der Waals surface area contributed by atoms with Gasteiger partial charge in [0.05, 0.1) is 0 Å². The van der Waals surface area contributed by atoms with E-state index in [1.165, 1.54) is 11.1 Å². The molecule has 0 spiro atoms.